The lowest BCUT2D eigenvalue weighted by molar-refractivity contribution is -0.120. The van der Waals surface area contributed by atoms with E-state index in [1.165, 1.54) is 0 Å². The Balaban J connectivity index is 1.42. The van der Waals surface area contributed by atoms with Crippen molar-refractivity contribution in [3.8, 4) is 5.75 Å². The maximum Gasteiger partial charge on any atom is 0.227 e. The van der Waals surface area contributed by atoms with Crippen LogP contribution in [0.2, 0.25) is 0 Å². The molecule has 1 amide bonds. The first-order valence-corrected chi connectivity index (χ1v) is 9.77. The highest BCUT2D eigenvalue weighted by Crippen LogP contribution is 2.28. The molecule has 0 bridgehead atoms. The minimum Gasteiger partial charge on any atom is -0.497 e. The Hall–Kier alpha value is -2.67. The van der Waals surface area contributed by atoms with E-state index in [1.54, 1.807) is 7.11 Å². The van der Waals surface area contributed by atoms with E-state index < -0.39 is 0 Å². The second-order valence-corrected chi connectivity index (χ2v) is 7.35. The Morgan fingerprint density at radius 2 is 2.14 bits per heavy atom. The number of aryl methyl sites for hydroxylation is 2. The highest BCUT2D eigenvalue weighted by Gasteiger charge is 2.27. The van der Waals surface area contributed by atoms with Crippen molar-refractivity contribution in [2.24, 2.45) is 5.92 Å². The first-order valence-electron chi connectivity index (χ1n) is 9.77. The van der Waals surface area contributed by atoms with Gasteiger partial charge in [0, 0.05) is 36.6 Å². The van der Waals surface area contributed by atoms with Crippen molar-refractivity contribution in [2.75, 3.05) is 43.6 Å². The molecule has 0 saturated carbocycles. The average molecular weight is 382 g/mol. The summed E-state index contributed by atoms with van der Waals surface area (Å²) in [6, 6.07) is 5.67. The number of aromatic nitrogens is 2. The molecule has 0 radical (unpaired) electrons. The molecule has 1 atom stereocenters. The zero-order valence-corrected chi connectivity index (χ0v) is 16.4. The molecule has 1 fully saturated rings. The van der Waals surface area contributed by atoms with Gasteiger partial charge in [-0.25, -0.2) is 9.97 Å². The average Bonchev–Trinajstić information content (AvgIpc) is 2.75. The normalized spacial score (nSPS) is 19.1. The number of fused-ring (bicyclic) bond motifs is 1. The van der Waals surface area contributed by atoms with E-state index in [9.17, 15) is 4.79 Å². The Morgan fingerprint density at radius 3 is 2.89 bits per heavy atom. The molecule has 7 heteroatoms. The van der Waals surface area contributed by atoms with E-state index in [0.29, 0.717) is 19.6 Å². The van der Waals surface area contributed by atoms with Crippen LogP contribution in [-0.4, -0.2) is 49.3 Å². The van der Waals surface area contributed by atoms with E-state index in [4.69, 9.17) is 14.5 Å². The van der Waals surface area contributed by atoms with Crippen molar-refractivity contribution in [2.45, 2.75) is 26.2 Å². The van der Waals surface area contributed by atoms with Crippen LogP contribution in [0.15, 0.2) is 24.4 Å². The maximum absolute atomic E-state index is 12.8. The molecule has 1 aromatic carbocycles. The highest BCUT2D eigenvalue weighted by molar-refractivity contribution is 5.93. The van der Waals surface area contributed by atoms with Crippen molar-refractivity contribution in [3.63, 3.8) is 0 Å². The van der Waals surface area contributed by atoms with Gasteiger partial charge in [-0.1, -0.05) is 0 Å². The predicted molar refractivity (Wildman–Crippen MR) is 107 cm³/mol. The van der Waals surface area contributed by atoms with Crippen LogP contribution >= 0.6 is 0 Å². The summed E-state index contributed by atoms with van der Waals surface area (Å²) in [5.74, 6) is 1.55. The topological polar surface area (TPSA) is 76.6 Å². The summed E-state index contributed by atoms with van der Waals surface area (Å²) in [6.45, 7) is 5.05. The molecule has 2 aromatic rings. The van der Waals surface area contributed by atoms with Crippen LogP contribution in [0.5, 0.6) is 5.75 Å². The van der Waals surface area contributed by atoms with Crippen LogP contribution in [0.4, 0.5) is 11.6 Å². The predicted octanol–water partition coefficient (Wildman–Crippen LogP) is 2.37. The minimum atomic E-state index is -0.0631. The van der Waals surface area contributed by atoms with Gasteiger partial charge < -0.3 is 19.7 Å². The number of amides is 1. The summed E-state index contributed by atoms with van der Waals surface area (Å²) >= 11 is 0. The number of nitrogens with zero attached hydrogens (tertiary/aromatic N) is 3. The Morgan fingerprint density at radius 1 is 1.32 bits per heavy atom. The van der Waals surface area contributed by atoms with Crippen LogP contribution in [0.1, 0.15) is 23.2 Å². The van der Waals surface area contributed by atoms with Gasteiger partial charge in [0.25, 0.3) is 0 Å². The number of carbonyl (C=O) groups excluding carboxylic acids is 1. The summed E-state index contributed by atoms with van der Waals surface area (Å²) < 4.78 is 10.6. The zero-order chi connectivity index (χ0) is 19.5. The fraction of sp³-hybridized carbons (Fsp3) is 0.476. The summed E-state index contributed by atoms with van der Waals surface area (Å²) in [5.41, 5.74) is 3.97. The van der Waals surface area contributed by atoms with Gasteiger partial charge in [0.05, 0.1) is 20.3 Å². The first kappa shape index (κ1) is 18.7. The second kappa shape index (κ2) is 8.14. The molecule has 1 aromatic heterocycles. The molecular formula is C21H26N4O3. The standard InChI is InChI=1S/C21H26N4O3/c1-14-11-17(27-2)4-6-18(14)23-20(26)15-3-5-19-16(12-15)13-22-21(24-19)25-7-9-28-10-8-25/h4,6,11,13,15H,3,5,7-10,12H2,1-2H3,(H,23,26)/t15-/m0/s1. The lowest BCUT2D eigenvalue weighted by Crippen LogP contribution is -2.38. The van der Waals surface area contributed by atoms with Crippen molar-refractivity contribution in [3.05, 3.63) is 41.2 Å². The van der Waals surface area contributed by atoms with E-state index in [-0.39, 0.29) is 11.8 Å². The number of ether oxygens (including phenoxy) is 2. The molecule has 1 N–H and O–H groups in total. The summed E-state index contributed by atoms with van der Waals surface area (Å²) in [7, 11) is 1.64. The minimum absolute atomic E-state index is 0.0520. The van der Waals surface area contributed by atoms with Crippen LogP contribution in [0.3, 0.4) is 0 Å². The molecule has 1 aliphatic heterocycles. The quantitative estimate of drug-likeness (QED) is 0.875. The molecule has 4 rings (SSSR count). The first-order chi connectivity index (χ1) is 13.6. The van der Waals surface area contributed by atoms with Gasteiger partial charge in [0.2, 0.25) is 11.9 Å². The molecule has 2 aliphatic rings. The number of anilines is 2. The van der Waals surface area contributed by atoms with Crippen LogP contribution < -0.4 is 15.0 Å². The summed E-state index contributed by atoms with van der Waals surface area (Å²) in [4.78, 5) is 24.3. The maximum atomic E-state index is 12.8. The number of rotatable bonds is 4. The molecule has 148 valence electrons. The molecule has 0 unspecified atom stereocenters. The summed E-state index contributed by atoms with van der Waals surface area (Å²) in [6.07, 6.45) is 4.17. The van der Waals surface area contributed by atoms with Crippen molar-refractivity contribution < 1.29 is 14.3 Å². The van der Waals surface area contributed by atoms with E-state index >= 15 is 0 Å². The number of hydrogen-bond donors (Lipinski definition) is 1. The van der Waals surface area contributed by atoms with E-state index in [0.717, 1.165) is 60.1 Å². The lowest BCUT2D eigenvalue weighted by atomic mass is 9.86. The van der Waals surface area contributed by atoms with Gasteiger partial charge in [-0.3, -0.25) is 4.79 Å². The third kappa shape index (κ3) is 3.94. The monoisotopic (exact) mass is 382 g/mol. The third-order valence-corrected chi connectivity index (χ3v) is 5.49. The second-order valence-electron chi connectivity index (χ2n) is 7.35. The molecule has 7 nitrogen and oxygen atoms in total. The lowest BCUT2D eigenvalue weighted by Gasteiger charge is -2.29. The number of methoxy groups -OCH3 is 1. The Kier molecular flexibility index (Phi) is 5.43. The zero-order valence-electron chi connectivity index (χ0n) is 16.4. The number of carbonyl (C=O) groups is 1. The molecule has 1 saturated heterocycles. The van der Waals surface area contributed by atoms with Crippen LogP contribution in [-0.2, 0) is 22.4 Å². The van der Waals surface area contributed by atoms with E-state index in [2.05, 4.69) is 15.2 Å². The molecule has 28 heavy (non-hydrogen) atoms. The third-order valence-electron chi connectivity index (χ3n) is 5.49. The number of benzene rings is 1. The smallest absolute Gasteiger partial charge is 0.227 e. The van der Waals surface area contributed by atoms with Gasteiger partial charge in [-0.05, 0) is 55.5 Å². The fourth-order valence-electron chi connectivity index (χ4n) is 3.77. The molecule has 1 aliphatic carbocycles. The highest BCUT2D eigenvalue weighted by atomic mass is 16.5. The van der Waals surface area contributed by atoms with Gasteiger partial charge in [-0.2, -0.15) is 0 Å². The van der Waals surface area contributed by atoms with Gasteiger partial charge in [0.15, 0.2) is 0 Å². The van der Waals surface area contributed by atoms with Crippen LogP contribution in [0.25, 0.3) is 0 Å². The number of morpholine rings is 1. The molecular weight excluding hydrogens is 356 g/mol. The Bertz CT molecular complexity index is 865. The summed E-state index contributed by atoms with van der Waals surface area (Å²) in [5, 5.41) is 3.07. The van der Waals surface area contributed by atoms with Gasteiger partial charge in [-0.15, -0.1) is 0 Å². The Labute approximate surface area is 165 Å². The van der Waals surface area contributed by atoms with E-state index in [1.807, 2.05) is 31.3 Å². The van der Waals surface area contributed by atoms with Crippen molar-refractivity contribution in [1.29, 1.82) is 0 Å². The number of hydrogen-bond acceptors (Lipinski definition) is 6. The molecule has 0 spiro atoms. The van der Waals surface area contributed by atoms with Gasteiger partial charge >= 0.3 is 0 Å². The van der Waals surface area contributed by atoms with Crippen LogP contribution in [0, 0.1) is 12.8 Å². The largest absolute Gasteiger partial charge is 0.497 e. The SMILES string of the molecule is COc1ccc(NC(=O)[C@H]2CCc3nc(N4CCOCC4)ncc3C2)c(C)c1. The van der Waals surface area contributed by atoms with Crippen molar-refractivity contribution in [1.82, 2.24) is 9.97 Å². The molecule has 2 heterocycles. The van der Waals surface area contributed by atoms with Crippen molar-refractivity contribution >= 4 is 17.5 Å². The number of nitrogens with one attached hydrogen (secondary N) is 1. The van der Waals surface area contributed by atoms with Gasteiger partial charge in [0.1, 0.15) is 5.75 Å². The fourth-order valence-corrected chi connectivity index (χ4v) is 3.77.